The summed E-state index contributed by atoms with van der Waals surface area (Å²) in [4.78, 5) is 19.7. The van der Waals surface area contributed by atoms with Crippen LogP contribution in [0.5, 0.6) is 0 Å². The molecular formula is C19H22N4OS2. The van der Waals surface area contributed by atoms with Gasteiger partial charge in [-0.2, -0.15) is 5.10 Å². The van der Waals surface area contributed by atoms with E-state index in [0.717, 1.165) is 65.2 Å². The maximum Gasteiger partial charge on any atom is 0.254 e. The van der Waals surface area contributed by atoms with Gasteiger partial charge in [-0.05, 0) is 30.5 Å². The standard InChI is InChI=1S/C19H22N4OS2/c24-18(23-10-3-5-14(12-23)17-7-8-21-22-17)16-6-2-1-4-15(16)13-26-19-20-9-11-25-19/h1-2,4,6-8,14H,3,5,9-13H2,(H,21,22)/t14-/m1/s1. The number of thioether (sulfide) groups is 2. The molecule has 4 rings (SSSR count). The number of aromatic amines is 1. The Bertz CT molecular complexity index is 791. The molecule has 0 unspecified atom stereocenters. The van der Waals surface area contributed by atoms with Crippen LogP contribution in [0, 0.1) is 0 Å². The van der Waals surface area contributed by atoms with Crippen molar-refractivity contribution >= 4 is 33.8 Å². The summed E-state index contributed by atoms with van der Waals surface area (Å²) in [7, 11) is 0. The second-order valence-electron chi connectivity index (χ2n) is 6.54. The van der Waals surface area contributed by atoms with E-state index in [1.165, 1.54) is 0 Å². The molecule has 7 heteroatoms. The molecule has 136 valence electrons. The normalized spacial score (nSPS) is 20.2. The van der Waals surface area contributed by atoms with Crippen molar-refractivity contribution in [3.8, 4) is 0 Å². The third-order valence-electron chi connectivity index (χ3n) is 4.83. The van der Waals surface area contributed by atoms with Crippen LogP contribution in [0.2, 0.25) is 0 Å². The molecule has 1 aromatic heterocycles. The summed E-state index contributed by atoms with van der Waals surface area (Å²) in [6, 6.07) is 10.0. The number of nitrogens with zero attached hydrogens (tertiary/aromatic N) is 3. The number of amides is 1. The van der Waals surface area contributed by atoms with Gasteiger partial charge in [0.15, 0.2) is 0 Å². The number of hydrogen-bond donors (Lipinski definition) is 1. The molecule has 0 saturated carbocycles. The van der Waals surface area contributed by atoms with E-state index in [2.05, 4.69) is 21.3 Å². The van der Waals surface area contributed by atoms with Gasteiger partial charge in [0, 0.05) is 48.0 Å². The lowest BCUT2D eigenvalue weighted by Gasteiger charge is -2.32. The van der Waals surface area contributed by atoms with E-state index < -0.39 is 0 Å². The van der Waals surface area contributed by atoms with Gasteiger partial charge in [0.1, 0.15) is 4.38 Å². The second kappa shape index (κ2) is 8.31. The lowest BCUT2D eigenvalue weighted by molar-refractivity contribution is 0.0705. The van der Waals surface area contributed by atoms with Crippen molar-refractivity contribution in [3.63, 3.8) is 0 Å². The molecular weight excluding hydrogens is 364 g/mol. The van der Waals surface area contributed by atoms with Gasteiger partial charge in [-0.25, -0.2) is 0 Å². The van der Waals surface area contributed by atoms with E-state index in [1.807, 2.05) is 40.9 Å². The zero-order chi connectivity index (χ0) is 17.8. The highest BCUT2D eigenvalue weighted by Crippen LogP contribution is 2.29. The molecule has 1 aromatic carbocycles. The van der Waals surface area contributed by atoms with Crippen molar-refractivity contribution < 1.29 is 4.79 Å². The Labute approximate surface area is 162 Å². The monoisotopic (exact) mass is 386 g/mol. The molecule has 2 aliphatic rings. The molecule has 3 heterocycles. The molecule has 26 heavy (non-hydrogen) atoms. The van der Waals surface area contributed by atoms with Crippen LogP contribution in [-0.2, 0) is 5.75 Å². The Morgan fingerprint density at radius 2 is 2.27 bits per heavy atom. The third-order valence-corrected chi connectivity index (χ3v) is 7.13. The van der Waals surface area contributed by atoms with Crippen LogP contribution in [0.3, 0.4) is 0 Å². The van der Waals surface area contributed by atoms with Crippen molar-refractivity contribution in [1.29, 1.82) is 0 Å². The first-order valence-electron chi connectivity index (χ1n) is 8.98. The Hall–Kier alpha value is -1.73. The minimum absolute atomic E-state index is 0.145. The molecule has 0 bridgehead atoms. The number of carbonyl (C=O) groups excluding carboxylic acids is 1. The van der Waals surface area contributed by atoms with Crippen LogP contribution in [0.1, 0.15) is 40.4 Å². The fraction of sp³-hybridized carbons (Fsp3) is 0.421. The lowest BCUT2D eigenvalue weighted by Crippen LogP contribution is -2.39. The molecule has 1 atom stereocenters. The predicted molar refractivity (Wildman–Crippen MR) is 109 cm³/mol. The van der Waals surface area contributed by atoms with Crippen LogP contribution in [-0.4, -0.2) is 50.8 Å². The second-order valence-corrected chi connectivity index (χ2v) is 8.85. The van der Waals surface area contributed by atoms with Crippen LogP contribution in [0.15, 0.2) is 41.5 Å². The van der Waals surface area contributed by atoms with Crippen molar-refractivity contribution in [2.24, 2.45) is 4.99 Å². The van der Waals surface area contributed by atoms with Gasteiger partial charge in [0.2, 0.25) is 0 Å². The molecule has 2 aliphatic heterocycles. The molecule has 1 N–H and O–H groups in total. The zero-order valence-corrected chi connectivity index (χ0v) is 16.2. The zero-order valence-electron chi connectivity index (χ0n) is 14.6. The SMILES string of the molecule is O=C(c1ccccc1CSC1=NCCS1)N1CCC[C@@H](c2ccn[nH]2)C1. The van der Waals surface area contributed by atoms with E-state index in [1.54, 1.807) is 18.0 Å². The number of aromatic nitrogens is 2. The summed E-state index contributed by atoms with van der Waals surface area (Å²) in [6.45, 7) is 2.49. The first-order valence-corrected chi connectivity index (χ1v) is 10.9. The van der Waals surface area contributed by atoms with Gasteiger partial charge < -0.3 is 4.90 Å². The molecule has 1 fully saturated rings. The number of rotatable bonds is 4. The predicted octanol–water partition coefficient (Wildman–Crippen LogP) is 3.77. The van der Waals surface area contributed by atoms with Crippen molar-refractivity contribution in [3.05, 3.63) is 53.3 Å². The van der Waals surface area contributed by atoms with Crippen molar-refractivity contribution in [1.82, 2.24) is 15.1 Å². The summed E-state index contributed by atoms with van der Waals surface area (Å²) < 4.78 is 1.14. The number of benzene rings is 1. The van der Waals surface area contributed by atoms with Gasteiger partial charge in [-0.15, -0.1) is 0 Å². The average Bonchev–Trinajstić information content (AvgIpc) is 3.40. The maximum atomic E-state index is 13.2. The Kier molecular flexibility index (Phi) is 5.65. The Morgan fingerprint density at radius 3 is 3.08 bits per heavy atom. The minimum atomic E-state index is 0.145. The number of piperidine rings is 1. The number of likely N-dealkylation sites (tertiary alicyclic amines) is 1. The summed E-state index contributed by atoms with van der Waals surface area (Å²) in [5.74, 6) is 2.37. The molecule has 0 aliphatic carbocycles. The van der Waals surface area contributed by atoms with Crippen LogP contribution in [0.25, 0.3) is 0 Å². The van der Waals surface area contributed by atoms with Crippen molar-refractivity contribution in [2.75, 3.05) is 25.4 Å². The highest BCUT2D eigenvalue weighted by Gasteiger charge is 2.27. The first-order chi connectivity index (χ1) is 12.8. The van der Waals surface area contributed by atoms with Crippen molar-refractivity contribution in [2.45, 2.75) is 24.5 Å². The third kappa shape index (κ3) is 3.99. The van der Waals surface area contributed by atoms with Gasteiger partial charge in [-0.3, -0.25) is 14.9 Å². The summed E-state index contributed by atoms with van der Waals surface area (Å²) in [6.07, 6.45) is 3.91. The van der Waals surface area contributed by atoms with Crippen LogP contribution < -0.4 is 0 Å². The molecule has 0 spiro atoms. The Morgan fingerprint density at radius 1 is 1.35 bits per heavy atom. The maximum absolute atomic E-state index is 13.2. The first kappa shape index (κ1) is 17.7. The number of hydrogen-bond acceptors (Lipinski definition) is 5. The van der Waals surface area contributed by atoms with Crippen LogP contribution >= 0.6 is 23.5 Å². The quantitative estimate of drug-likeness (QED) is 0.869. The molecule has 1 saturated heterocycles. The number of H-pyrrole nitrogens is 1. The number of carbonyl (C=O) groups is 1. The molecule has 0 radical (unpaired) electrons. The fourth-order valence-electron chi connectivity index (χ4n) is 3.48. The topological polar surface area (TPSA) is 61.4 Å². The minimum Gasteiger partial charge on any atom is -0.338 e. The van der Waals surface area contributed by atoms with Gasteiger partial charge >= 0.3 is 0 Å². The lowest BCUT2D eigenvalue weighted by atomic mass is 9.94. The summed E-state index contributed by atoms with van der Waals surface area (Å²) >= 11 is 3.55. The van der Waals surface area contributed by atoms with E-state index in [0.29, 0.717) is 5.92 Å². The summed E-state index contributed by atoms with van der Waals surface area (Å²) in [5.41, 5.74) is 3.05. The van der Waals surface area contributed by atoms with Gasteiger partial charge in [0.25, 0.3) is 5.91 Å². The fourth-order valence-corrected chi connectivity index (χ4v) is 5.49. The molecule has 5 nitrogen and oxygen atoms in total. The highest BCUT2D eigenvalue weighted by molar-refractivity contribution is 8.38. The van der Waals surface area contributed by atoms with Crippen LogP contribution in [0.4, 0.5) is 0 Å². The molecule has 1 amide bonds. The van der Waals surface area contributed by atoms with E-state index in [-0.39, 0.29) is 5.91 Å². The molecule has 2 aromatic rings. The van der Waals surface area contributed by atoms with Gasteiger partial charge in [-0.1, -0.05) is 41.7 Å². The smallest absolute Gasteiger partial charge is 0.254 e. The summed E-state index contributed by atoms with van der Waals surface area (Å²) in [5, 5.41) is 7.12. The largest absolute Gasteiger partial charge is 0.338 e. The van der Waals surface area contributed by atoms with E-state index >= 15 is 0 Å². The average molecular weight is 387 g/mol. The van der Waals surface area contributed by atoms with E-state index in [4.69, 9.17) is 0 Å². The number of nitrogens with one attached hydrogen (secondary N) is 1. The number of aliphatic imine (C=N–C) groups is 1. The Balaban J connectivity index is 1.47. The highest BCUT2D eigenvalue weighted by atomic mass is 32.2. The van der Waals surface area contributed by atoms with E-state index in [9.17, 15) is 4.79 Å². The van der Waals surface area contributed by atoms with Gasteiger partial charge in [0.05, 0.1) is 6.54 Å².